The molecule has 0 saturated carbocycles. The van der Waals surface area contributed by atoms with E-state index in [-0.39, 0.29) is 5.82 Å². The smallest absolute Gasteiger partial charge is 0.138 e. The van der Waals surface area contributed by atoms with Crippen LogP contribution in [0.4, 0.5) is 4.39 Å². The van der Waals surface area contributed by atoms with Crippen LogP contribution in [0.3, 0.4) is 0 Å². The summed E-state index contributed by atoms with van der Waals surface area (Å²) in [6.45, 7) is 7.70. The van der Waals surface area contributed by atoms with Gasteiger partial charge in [-0.25, -0.2) is 4.39 Å². The Labute approximate surface area is 153 Å². The van der Waals surface area contributed by atoms with Crippen molar-refractivity contribution < 1.29 is 13.9 Å². The van der Waals surface area contributed by atoms with Gasteiger partial charge in [0.15, 0.2) is 0 Å². The van der Waals surface area contributed by atoms with Crippen molar-refractivity contribution in [3.8, 4) is 11.5 Å². The van der Waals surface area contributed by atoms with E-state index in [1.165, 1.54) is 0 Å². The molecule has 0 N–H and O–H groups in total. The highest BCUT2D eigenvalue weighted by Gasteiger charge is 2.20. The molecule has 0 aliphatic carbocycles. The van der Waals surface area contributed by atoms with Crippen LogP contribution in [-0.4, -0.2) is 12.1 Å². The van der Waals surface area contributed by atoms with Crippen molar-refractivity contribution in [3.63, 3.8) is 0 Å². The van der Waals surface area contributed by atoms with Crippen LogP contribution in [0.5, 0.6) is 11.5 Å². The van der Waals surface area contributed by atoms with Gasteiger partial charge in [-0.15, -0.1) is 0 Å². The van der Waals surface area contributed by atoms with Crippen LogP contribution in [0.1, 0.15) is 37.5 Å². The summed E-state index contributed by atoms with van der Waals surface area (Å²) in [5.41, 5.74) is 2.63. The van der Waals surface area contributed by atoms with Gasteiger partial charge >= 0.3 is 0 Å². The van der Waals surface area contributed by atoms with Gasteiger partial charge in [0.05, 0.1) is 11.1 Å². The Balaban J connectivity index is 2.08. The standard InChI is InChI=1S/C22H24FNO2/c1-6-15-7-10-19(14(2)21(15)23)26-20-11-12-24-18-9-8-16(13-17(18)20)22(3,4)25-5/h7-13H,6H2,1-5H3. The van der Waals surface area contributed by atoms with E-state index in [2.05, 4.69) is 4.98 Å². The van der Waals surface area contributed by atoms with Crippen LogP contribution in [0.2, 0.25) is 0 Å². The molecule has 3 nitrogen and oxygen atoms in total. The Kier molecular flexibility index (Phi) is 4.97. The summed E-state index contributed by atoms with van der Waals surface area (Å²) < 4.78 is 26.1. The molecule has 1 aromatic heterocycles. The maximum Gasteiger partial charge on any atom is 0.138 e. The second-order valence-electron chi connectivity index (χ2n) is 6.87. The summed E-state index contributed by atoms with van der Waals surface area (Å²) in [5.74, 6) is 0.962. The molecule has 0 radical (unpaired) electrons. The number of nitrogens with zero attached hydrogens (tertiary/aromatic N) is 1. The van der Waals surface area contributed by atoms with Crippen molar-refractivity contribution in [2.75, 3.05) is 7.11 Å². The molecule has 0 bridgehead atoms. The van der Waals surface area contributed by atoms with Crippen LogP contribution < -0.4 is 4.74 Å². The minimum absolute atomic E-state index is 0.204. The van der Waals surface area contributed by atoms with Crippen LogP contribution in [0.15, 0.2) is 42.6 Å². The summed E-state index contributed by atoms with van der Waals surface area (Å²) in [5, 5.41) is 0.870. The first-order chi connectivity index (χ1) is 12.4. The molecule has 0 saturated heterocycles. The number of benzene rings is 2. The van der Waals surface area contributed by atoms with E-state index in [1.54, 1.807) is 32.4 Å². The lowest BCUT2D eigenvalue weighted by molar-refractivity contribution is 0.0193. The molecule has 3 aromatic rings. The van der Waals surface area contributed by atoms with Gasteiger partial charge in [0.1, 0.15) is 17.3 Å². The Morgan fingerprint density at radius 3 is 2.54 bits per heavy atom. The zero-order valence-electron chi connectivity index (χ0n) is 15.9. The van der Waals surface area contributed by atoms with Crippen LogP contribution in [-0.2, 0) is 16.8 Å². The van der Waals surface area contributed by atoms with Crippen molar-refractivity contribution in [1.29, 1.82) is 0 Å². The Morgan fingerprint density at radius 2 is 1.85 bits per heavy atom. The monoisotopic (exact) mass is 353 g/mol. The normalized spacial score (nSPS) is 11.8. The van der Waals surface area contributed by atoms with Gasteiger partial charge in [-0.05, 0) is 62.6 Å². The third kappa shape index (κ3) is 3.29. The summed E-state index contributed by atoms with van der Waals surface area (Å²) in [6.07, 6.45) is 2.35. The molecule has 0 unspecified atom stereocenters. The Hall–Kier alpha value is -2.46. The van der Waals surface area contributed by atoms with Crippen molar-refractivity contribution >= 4 is 10.9 Å². The fourth-order valence-electron chi connectivity index (χ4n) is 2.93. The van der Waals surface area contributed by atoms with E-state index in [1.807, 2.05) is 45.0 Å². The highest BCUT2D eigenvalue weighted by atomic mass is 19.1. The van der Waals surface area contributed by atoms with Gasteiger partial charge in [-0.2, -0.15) is 0 Å². The fraction of sp³-hybridized carbons (Fsp3) is 0.318. The maximum atomic E-state index is 14.4. The van der Waals surface area contributed by atoms with Gasteiger partial charge in [-0.3, -0.25) is 4.98 Å². The second-order valence-corrected chi connectivity index (χ2v) is 6.87. The molecule has 0 spiro atoms. The van der Waals surface area contributed by atoms with Gasteiger partial charge in [0, 0.05) is 24.3 Å². The van der Waals surface area contributed by atoms with E-state index in [9.17, 15) is 4.39 Å². The number of aromatic nitrogens is 1. The number of ether oxygens (including phenoxy) is 2. The quantitative estimate of drug-likeness (QED) is 0.571. The third-order valence-electron chi connectivity index (χ3n) is 4.92. The van der Waals surface area contributed by atoms with Crippen LogP contribution in [0, 0.1) is 12.7 Å². The summed E-state index contributed by atoms with van der Waals surface area (Å²) in [4.78, 5) is 4.40. The summed E-state index contributed by atoms with van der Waals surface area (Å²) >= 11 is 0. The fourth-order valence-corrected chi connectivity index (χ4v) is 2.93. The number of fused-ring (bicyclic) bond motifs is 1. The average molecular weight is 353 g/mol. The summed E-state index contributed by atoms with van der Waals surface area (Å²) in [7, 11) is 1.69. The molecular formula is C22H24FNO2. The number of hydrogen-bond donors (Lipinski definition) is 0. The van der Waals surface area contributed by atoms with E-state index in [0.29, 0.717) is 29.0 Å². The minimum Gasteiger partial charge on any atom is -0.456 e. The Morgan fingerprint density at radius 1 is 1.08 bits per heavy atom. The van der Waals surface area contributed by atoms with Crippen molar-refractivity contribution in [1.82, 2.24) is 4.98 Å². The highest BCUT2D eigenvalue weighted by Crippen LogP contribution is 2.35. The lowest BCUT2D eigenvalue weighted by Crippen LogP contribution is -2.19. The highest BCUT2D eigenvalue weighted by molar-refractivity contribution is 5.86. The molecular weight excluding hydrogens is 329 g/mol. The number of halogens is 1. The topological polar surface area (TPSA) is 31.4 Å². The van der Waals surface area contributed by atoms with Crippen LogP contribution >= 0.6 is 0 Å². The molecule has 26 heavy (non-hydrogen) atoms. The van der Waals surface area contributed by atoms with Crippen molar-refractivity contribution in [2.45, 2.75) is 39.7 Å². The molecule has 0 amide bonds. The van der Waals surface area contributed by atoms with E-state index in [4.69, 9.17) is 9.47 Å². The SMILES string of the molecule is CCc1ccc(Oc2ccnc3ccc(C(C)(C)OC)cc23)c(C)c1F. The first-order valence-electron chi connectivity index (χ1n) is 8.77. The zero-order valence-corrected chi connectivity index (χ0v) is 15.9. The van der Waals surface area contributed by atoms with E-state index >= 15 is 0 Å². The molecule has 0 fully saturated rings. The molecule has 0 aliphatic heterocycles. The molecule has 3 rings (SSSR count). The lowest BCUT2D eigenvalue weighted by Gasteiger charge is -2.24. The predicted octanol–water partition coefficient (Wildman–Crippen LogP) is 5.92. The van der Waals surface area contributed by atoms with Gasteiger partial charge < -0.3 is 9.47 Å². The number of methoxy groups -OCH3 is 1. The van der Waals surface area contributed by atoms with Gasteiger partial charge in [0.2, 0.25) is 0 Å². The molecule has 136 valence electrons. The first-order valence-corrected chi connectivity index (χ1v) is 8.77. The summed E-state index contributed by atoms with van der Waals surface area (Å²) in [6, 6.07) is 11.4. The molecule has 0 aliphatic rings. The lowest BCUT2D eigenvalue weighted by atomic mass is 9.96. The number of rotatable bonds is 5. The average Bonchev–Trinajstić information content (AvgIpc) is 2.65. The number of hydrogen-bond acceptors (Lipinski definition) is 3. The zero-order chi connectivity index (χ0) is 18.9. The van der Waals surface area contributed by atoms with Crippen LogP contribution in [0.25, 0.3) is 10.9 Å². The minimum atomic E-state index is -0.425. The van der Waals surface area contributed by atoms with Crippen molar-refractivity contribution in [3.05, 3.63) is 65.1 Å². The van der Waals surface area contributed by atoms with Crippen molar-refractivity contribution in [2.24, 2.45) is 0 Å². The Bertz CT molecular complexity index is 950. The van der Waals surface area contributed by atoms with Gasteiger partial charge in [-0.1, -0.05) is 19.1 Å². The molecule has 4 heteroatoms. The van der Waals surface area contributed by atoms with Gasteiger partial charge in [0.25, 0.3) is 0 Å². The maximum absolute atomic E-state index is 14.4. The van der Waals surface area contributed by atoms with E-state index in [0.717, 1.165) is 16.5 Å². The molecule has 1 heterocycles. The predicted molar refractivity (Wildman–Crippen MR) is 102 cm³/mol. The first kappa shape index (κ1) is 18.3. The second kappa shape index (κ2) is 7.04. The largest absolute Gasteiger partial charge is 0.456 e. The third-order valence-corrected chi connectivity index (χ3v) is 4.92. The molecule has 2 aromatic carbocycles. The number of pyridine rings is 1. The number of aryl methyl sites for hydroxylation is 1. The molecule has 0 atom stereocenters. The van der Waals surface area contributed by atoms with E-state index < -0.39 is 5.60 Å².